The topological polar surface area (TPSA) is 112 Å². The lowest BCUT2D eigenvalue weighted by Crippen LogP contribution is -2.38. The SMILES string of the molecule is Cc1ccc(-c2csc3ncn(CC(=O)NC(=O)Nc4ccc5c(c4)OCO5)c(=O)c23)s1. The van der Waals surface area contributed by atoms with E-state index in [9.17, 15) is 14.4 Å². The van der Waals surface area contributed by atoms with Gasteiger partial charge in [0.05, 0.1) is 11.7 Å². The first-order valence-corrected chi connectivity index (χ1v) is 11.2. The summed E-state index contributed by atoms with van der Waals surface area (Å²) in [7, 11) is 0. The Morgan fingerprint density at radius 1 is 1.19 bits per heavy atom. The number of carbonyl (C=O) groups is 2. The van der Waals surface area contributed by atoms with E-state index in [1.165, 1.54) is 22.2 Å². The minimum atomic E-state index is -0.721. The molecule has 0 bridgehead atoms. The van der Waals surface area contributed by atoms with Crippen LogP contribution in [0, 0.1) is 6.92 Å². The highest BCUT2D eigenvalue weighted by Crippen LogP contribution is 2.35. The normalized spacial score (nSPS) is 12.2. The van der Waals surface area contributed by atoms with E-state index in [1.54, 1.807) is 29.5 Å². The molecule has 4 heterocycles. The van der Waals surface area contributed by atoms with Gasteiger partial charge >= 0.3 is 6.03 Å². The van der Waals surface area contributed by atoms with Gasteiger partial charge in [-0.2, -0.15) is 0 Å². The summed E-state index contributed by atoms with van der Waals surface area (Å²) in [6, 6.07) is 8.12. The number of fused-ring (bicyclic) bond motifs is 2. The second-order valence-electron chi connectivity index (χ2n) is 6.99. The summed E-state index contributed by atoms with van der Waals surface area (Å²) in [5.74, 6) is 0.447. The molecule has 32 heavy (non-hydrogen) atoms. The van der Waals surface area contributed by atoms with Crippen LogP contribution in [0.25, 0.3) is 20.7 Å². The Hall–Kier alpha value is -3.70. The summed E-state index contributed by atoms with van der Waals surface area (Å²) in [6.07, 6.45) is 1.32. The maximum absolute atomic E-state index is 13.0. The van der Waals surface area contributed by atoms with Gasteiger partial charge in [0, 0.05) is 32.5 Å². The van der Waals surface area contributed by atoms with Crippen molar-refractivity contribution in [3.05, 3.63) is 57.3 Å². The second-order valence-corrected chi connectivity index (χ2v) is 9.13. The maximum atomic E-state index is 13.0. The van der Waals surface area contributed by atoms with Crippen LogP contribution in [0.1, 0.15) is 4.88 Å². The lowest BCUT2D eigenvalue weighted by atomic mass is 10.2. The Balaban J connectivity index is 1.31. The second kappa shape index (κ2) is 8.09. The monoisotopic (exact) mass is 468 g/mol. The third-order valence-electron chi connectivity index (χ3n) is 4.76. The molecule has 0 radical (unpaired) electrons. The molecular formula is C21H16N4O5S2. The van der Waals surface area contributed by atoms with Crippen LogP contribution in [0.2, 0.25) is 0 Å². The molecule has 0 saturated carbocycles. The van der Waals surface area contributed by atoms with Crippen LogP contribution < -0.4 is 25.7 Å². The summed E-state index contributed by atoms with van der Waals surface area (Å²) in [6.45, 7) is 1.78. The standard InChI is InChI=1S/C21H16N4O5S2/c1-11-2-5-16(32-11)13-8-31-19-18(13)20(27)25(9-22-19)7-17(26)24-21(28)23-12-3-4-14-15(6-12)30-10-29-14/h2-6,8-9H,7,10H2,1H3,(H2,23,24,26,28). The van der Waals surface area contributed by atoms with Crippen molar-refractivity contribution in [1.29, 1.82) is 0 Å². The van der Waals surface area contributed by atoms with Crippen LogP contribution in [-0.2, 0) is 11.3 Å². The number of aryl methyl sites for hydroxylation is 1. The molecule has 0 saturated heterocycles. The van der Waals surface area contributed by atoms with Gasteiger partial charge in [0.1, 0.15) is 11.4 Å². The molecule has 9 nitrogen and oxygen atoms in total. The fourth-order valence-electron chi connectivity index (χ4n) is 3.30. The molecule has 0 unspecified atom stereocenters. The van der Waals surface area contributed by atoms with Gasteiger partial charge in [0.15, 0.2) is 11.5 Å². The van der Waals surface area contributed by atoms with E-state index in [4.69, 9.17) is 9.47 Å². The molecule has 0 spiro atoms. The predicted molar refractivity (Wildman–Crippen MR) is 122 cm³/mol. The van der Waals surface area contributed by atoms with E-state index in [0.717, 1.165) is 15.3 Å². The summed E-state index contributed by atoms with van der Waals surface area (Å²) < 4.78 is 11.7. The molecule has 1 aliphatic rings. The smallest absolute Gasteiger partial charge is 0.325 e. The quantitative estimate of drug-likeness (QED) is 0.474. The maximum Gasteiger partial charge on any atom is 0.325 e. The number of imide groups is 1. The molecule has 11 heteroatoms. The van der Waals surface area contributed by atoms with Gasteiger partial charge in [-0.25, -0.2) is 9.78 Å². The van der Waals surface area contributed by atoms with Crippen LogP contribution in [0.4, 0.5) is 10.5 Å². The van der Waals surface area contributed by atoms with Crippen molar-refractivity contribution in [3.63, 3.8) is 0 Å². The van der Waals surface area contributed by atoms with Gasteiger partial charge in [-0.05, 0) is 31.2 Å². The van der Waals surface area contributed by atoms with Crippen LogP contribution in [0.15, 0.2) is 46.8 Å². The Kier molecular flexibility index (Phi) is 5.11. The van der Waals surface area contributed by atoms with Gasteiger partial charge in [-0.15, -0.1) is 22.7 Å². The van der Waals surface area contributed by atoms with Crippen molar-refractivity contribution in [2.75, 3.05) is 12.1 Å². The van der Waals surface area contributed by atoms with E-state index < -0.39 is 11.9 Å². The summed E-state index contributed by atoms with van der Waals surface area (Å²) in [5, 5.41) is 7.14. The van der Waals surface area contributed by atoms with Crippen molar-refractivity contribution in [2.45, 2.75) is 13.5 Å². The number of aromatic nitrogens is 2. The number of nitrogens with one attached hydrogen (secondary N) is 2. The van der Waals surface area contributed by atoms with Gasteiger partial charge in [0.2, 0.25) is 12.7 Å². The molecule has 3 amide bonds. The third-order valence-corrected chi connectivity index (χ3v) is 6.68. The number of anilines is 1. The Morgan fingerprint density at radius 2 is 2.03 bits per heavy atom. The lowest BCUT2D eigenvalue weighted by molar-refractivity contribution is -0.120. The zero-order chi connectivity index (χ0) is 22.2. The third kappa shape index (κ3) is 3.83. The minimum Gasteiger partial charge on any atom is -0.454 e. The summed E-state index contributed by atoms with van der Waals surface area (Å²) in [5.41, 5.74) is 0.911. The Labute approximate surface area is 189 Å². The molecule has 0 fully saturated rings. The van der Waals surface area contributed by atoms with Gasteiger partial charge in [-0.1, -0.05) is 0 Å². The number of ether oxygens (including phenoxy) is 2. The Bertz CT molecular complexity index is 1420. The van der Waals surface area contributed by atoms with E-state index in [1.807, 2.05) is 24.4 Å². The van der Waals surface area contributed by atoms with E-state index in [0.29, 0.717) is 27.4 Å². The first-order chi connectivity index (χ1) is 15.5. The highest BCUT2D eigenvalue weighted by Gasteiger charge is 2.18. The van der Waals surface area contributed by atoms with Crippen LogP contribution >= 0.6 is 22.7 Å². The highest BCUT2D eigenvalue weighted by molar-refractivity contribution is 7.19. The zero-order valence-corrected chi connectivity index (χ0v) is 18.3. The number of benzene rings is 1. The van der Waals surface area contributed by atoms with Crippen molar-refractivity contribution < 1.29 is 19.1 Å². The lowest BCUT2D eigenvalue weighted by Gasteiger charge is -2.09. The molecule has 0 aliphatic carbocycles. The fraction of sp³-hybridized carbons (Fsp3) is 0.143. The van der Waals surface area contributed by atoms with E-state index in [2.05, 4.69) is 15.6 Å². The van der Waals surface area contributed by atoms with Crippen molar-refractivity contribution in [3.8, 4) is 21.9 Å². The highest BCUT2D eigenvalue weighted by atomic mass is 32.1. The number of urea groups is 1. The van der Waals surface area contributed by atoms with Crippen molar-refractivity contribution >= 4 is 50.5 Å². The predicted octanol–water partition coefficient (Wildman–Crippen LogP) is 3.57. The molecule has 3 aromatic heterocycles. The first kappa shape index (κ1) is 20.2. The van der Waals surface area contributed by atoms with E-state index in [-0.39, 0.29) is 18.9 Å². The van der Waals surface area contributed by atoms with Gasteiger partial charge in [-0.3, -0.25) is 19.5 Å². The minimum absolute atomic E-state index is 0.120. The van der Waals surface area contributed by atoms with Crippen molar-refractivity contribution in [1.82, 2.24) is 14.9 Å². The fourth-order valence-corrected chi connectivity index (χ4v) is 5.16. The molecule has 2 N–H and O–H groups in total. The summed E-state index contributed by atoms with van der Waals surface area (Å²) >= 11 is 2.97. The number of nitrogens with zero attached hydrogens (tertiary/aromatic N) is 2. The first-order valence-electron chi connectivity index (χ1n) is 9.52. The number of carbonyl (C=O) groups excluding carboxylic acids is 2. The number of amides is 3. The summed E-state index contributed by atoms with van der Waals surface area (Å²) in [4.78, 5) is 44.6. The number of hydrogen-bond acceptors (Lipinski definition) is 8. The average Bonchev–Trinajstić information content (AvgIpc) is 3.48. The molecule has 0 atom stereocenters. The van der Waals surface area contributed by atoms with Gasteiger partial charge in [0.25, 0.3) is 5.56 Å². The molecule has 1 aromatic carbocycles. The molecule has 162 valence electrons. The van der Waals surface area contributed by atoms with Crippen molar-refractivity contribution in [2.24, 2.45) is 0 Å². The molecule has 4 aromatic rings. The average molecular weight is 469 g/mol. The van der Waals surface area contributed by atoms with E-state index >= 15 is 0 Å². The van der Waals surface area contributed by atoms with Crippen LogP contribution in [-0.4, -0.2) is 28.3 Å². The Morgan fingerprint density at radius 3 is 2.84 bits per heavy atom. The zero-order valence-electron chi connectivity index (χ0n) is 16.7. The largest absolute Gasteiger partial charge is 0.454 e. The number of rotatable bonds is 4. The van der Waals surface area contributed by atoms with Crippen LogP contribution in [0.5, 0.6) is 11.5 Å². The molecule has 1 aliphatic heterocycles. The molecular weight excluding hydrogens is 452 g/mol. The van der Waals surface area contributed by atoms with Gasteiger partial charge < -0.3 is 14.8 Å². The number of thiophene rings is 2. The number of hydrogen-bond donors (Lipinski definition) is 2. The van der Waals surface area contributed by atoms with Crippen LogP contribution in [0.3, 0.4) is 0 Å². The molecule has 5 rings (SSSR count).